The average molecular weight is 273 g/mol. The lowest BCUT2D eigenvalue weighted by Gasteiger charge is -2.01. The van der Waals surface area contributed by atoms with Gasteiger partial charge in [-0.2, -0.15) is 0 Å². The van der Waals surface area contributed by atoms with Gasteiger partial charge in [-0.1, -0.05) is 12.1 Å². The maximum Gasteiger partial charge on any atom is 0.0225 e. The highest BCUT2D eigenvalue weighted by Crippen LogP contribution is 2.12. The van der Waals surface area contributed by atoms with Gasteiger partial charge in [0.15, 0.2) is 0 Å². The second-order valence-corrected chi connectivity index (χ2v) is 4.38. The summed E-state index contributed by atoms with van der Waals surface area (Å²) in [7, 11) is 3.48. The van der Waals surface area contributed by atoms with Crippen molar-refractivity contribution in [2.45, 2.75) is 19.4 Å². The van der Waals surface area contributed by atoms with Crippen LogP contribution in [0.2, 0.25) is 6.04 Å². The average Bonchev–Trinajstić information content (AvgIpc) is 1.85. The summed E-state index contributed by atoms with van der Waals surface area (Å²) in [5, 5.41) is 0. The van der Waals surface area contributed by atoms with Crippen molar-refractivity contribution in [2.24, 2.45) is 0 Å². The highest BCUT2D eigenvalue weighted by atomic mass is 127. The number of hydrogen-bond donors (Lipinski definition) is 0. The molecule has 1 rings (SSSR count). The lowest BCUT2D eigenvalue weighted by atomic mass is 10.1. The van der Waals surface area contributed by atoms with Gasteiger partial charge in [0.2, 0.25) is 0 Å². The van der Waals surface area contributed by atoms with E-state index in [0.29, 0.717) is 0 Å². The molecular formula is C9H10ISi. The smallest absolute Gasteiger partial charge is 0.0225 e. The van der Waals surface area contributed by atoms with Crippen LogP contribution in [0.25, 0.3) is 0 Å². The van der Waals surface area contributed by atoms with Crippen LogP contribution in [0.3, 0.4) is 0 Å². The summed E-state index contributed by atoms with van der Waals surface area (Å²) in [6.07, 6.45) is 1.12. The molecule has 0 N–H and O–H groups in total. The topological polar surface area (TPSA) is 0 Å². The summed E-state index contributed by atoms with van der Waals surface area (Å²) in [4.78, 5) is 0. The largest absolute Gasteiger partial charge is 0.0597 e. The standard InChI is InChI=1S/C9H10ISi/c1-7-4-8(2-3-11)6-9(10)5-7/h4-6H,2-3H2,1H3. The first-order valence-corrected chi connectivity index (χ1v) is 5.41. The van der Waals surface area contributed by atoms with E-state index in [2.05, 4.69) is 58.0 Å². The predicted molar refractivity (Wildman–Crippen MR) is 58.2 cm³/mol. The molecule has 0 bridgehead atoms. The molecule has 3 radical (unpaired) electrons. The molecule has 0 atom stereocenters. The number of benzene rings is 1. The lowest BCUT2D eigenvalue weighted by molar-refractivity contribution is 1.12. The van der Waals surface area contributed by atoms with Gasteiger partial charge in [-0.3, -0.25) is 0 Å². The summed E-state index contributed by atoms with van der Waals surface area (Å²) in [5.74, 6) is 0. The van der Waals surface area contributed by atoms with Crippen LogP contribution in [0, 0.1) is 10.5 Å². The molecule has 0 aliphatic carbocycles. The van der Waals surface area contributed by atoms with Crippen molar-refractivity contribution >= 4 is 32.8 Å². The molecule has 1 aromatic rings. The monoisotopic (exact) mass is 273 g/mol. The van der Waals surface area contributed by atoms with Crippen molar-refractivity contribution in [1.29, 1.82) is 0 Å². The minimum atomic E-state index is 1.04. The van der Waals surface area contributed by atoms with Crippen LogP contribution in [0.15, 0.2) is 18.2 Å². The van der Waals surface area contributed by atoms with E-state index in [0.717, 1.165) is 12.5 Å². The molecule has 0 spiro atoms. The molecule has 0 saturated heterocycles. The van der Waals surface area contributed by atoms with Crippen LogP contribution in [0.4, 0.5) is 0 Å². The van der Waals surface area contributed by atoms with Crippen molar-refractivity contribution in [3.05, 3.63) is 32.9 Å². The molecule has 0 amide bonds. The van der Waals surface area contributed by atoms with Crippen LogP contribution in [-0.4, -0.2) is 10.2 Å². The Morgan fingerprint density at radius 1 is 1.36 bits per heavy atom. The Labute approximate surface area is 85.0 Å². The summed E-state index contributed by atoms with van der Waals surface area (Å²) in [6, 6.07) is 7.70. The van der Waals surface area contributed by atoms with E-state index in [1.54, 1.807) is 0 Å². The van der Waals surface area contributed by atoms with Gasteiger partial charge >= 0.3 is 0 Å². The van der Waals surface area contributed by atoms with E-state index in [4.69, 9.17) is 0 Å². The normalized spacial score (nSPS) is 10.1. The van der Waals surface area contributed by atoms with Gasteiger partial charge in [-0.15, -0.1) is 0 Å². The quantitative estimate of drug-likeness (QED) is 0.574. The summed E-state index contributed by atoms with van der Waals surface area (Å²) in [5.41, 5.74) is 2.77. The van der Waals surface area contributed by atoms with Crippen LogP contribution in [-0.2, 0) is 6.42 Å². The fourth-order valence-electron chi connectivity index (χ4n) is 1.10. The number of rotatable bonds is 2. The molecule has 0 saturated carbocycles. The molecule has 0 aliphatic rings. The lowest BCUT2D eigenvalue weighted by Crippen LogP contribution is -1.86. The van der Waals surface area contributed by atoms with E-state index in [-0.39, 0.29) is 0 Å². The van der Waals surface area contributed by atoms with E-state index in [1.807, 2.05) is 0 Å². The molecule has 2 heteroatoms. The first kappa shape index (κ1) is 9.26. The Morgan fingerprint density at radius 3 is 2.64 bits per heavy atom. The van der Waals surface area contributed by atoms with Gasteiger partial charge in [-0.05, 0) is 59.2 Å². The van der Waals surface area contributed by atoms with E-state index in [9.17, 15) is 0 Å². The minimum Gasteiger partial charge on any atom is -0.0597 e. The van der Waals surface area contributed by atoms with E-state index in [1.165, 1.54) is 14.7 Å². The van der Waals surface area contributed by atoms with Gasteiger partial charge in [0.05, 0.1) is 0 Å². The van der Waals surface area contributed by atoms with Gasteiger partial charge in [0.25, 0.3) is 0 Å². The highest BCUT2D eigenvalue weighted by molar-refractivity contribution is 14.1. The number of hydrogen-bond acceptors (Lipinski definition) is 0. The third-order valence-electron chi connectivity index (χ3n) is 1.52. The van der Waals surface area contributed by atoms with Crippen LogP contribution in [0.1, 0.15) is 11.1 Å². The molecular weight excluding hydrogens is 263 g/mol. The van der Waals surface area contributed by atoms with Gasteiger partial charge in [0.1, 0.15) is 0 Å². The predicted octanol–water partition coefficient (Wildman–Crippen LogP) is 2.73. The Morgan fingerprint density at radius 2 is 2.09 bits per heavy atom. The van der Waals surface area contributed by atoms with Crippen LogP contribution >= 0.6 is 22.6 Å². The molecule has 0 aromatic heterocycles. The molecule has 57 valence electrons. The zero-order valence-electron chi connectivity index (χ0n) is 6.52. The molecule has 0 aliphatic heterocycles. The van der Waals surface area contributed by atoms with E-state index < -0.39 is 0 Å². The molecule has 0 unspecified atom stereocenters. The van der Waals surface area contributed by atoms with Crippen LogP contribution in [0.5, 0.6) is 0 Å². The molecule has 1 aromatic carbocycles. The summed E-state index contributed by atoms with van der Waals surface area (Å²) in [6.45, 7) is 2.14. The Bertz CT molecular complexity index is 225. The van der Waals surface area contributed by atoms with Crippen molar-refractivity contribution in [3.63, 3.8) is 0 Å². The van der Waals surface area contributed by atoms with E-state index >= 15 is 0 Å². The third-order valence-corrected chi connectivity index (χ3v) is 2.39. The minimum absolute atomic E-state index is 1.04. The summed E-state index contributed by atoms with van der Waals surface area (Å²) >= 11 is 2.35. The second-order valence-electron chi connectivity index (χ2n) is 2.64. The van der Waals surface area contributed by atoms with Crippen molar-refractivity contribution in [2.75, 3.05) is 0 Å². The molecule has 0 fully saturated rings. The zero-order chi connectivity index (χ0) is 8.27. The van der Waals surface area contributed by atoms with Crippen molar-refractivity contribution < 1.29 is 0 Å². The van der Waals surface area contributed by atoms with Crippen LogP contribution < -0.4 is 0 Å². The number of halogens is 1. The SMILES string of the molecule is Cc1cc(I)cc(CC[Si])c1. The fourth-order valence-corrected chi connectivity index (χ4v) is 2.28. The number of aryl methyl sites for hydroxylation is 2. The second kappa shape index (κ2) is 4.26. The van der Waals surface area contributed by atoms with Gasteiger partial charge < -0.3 is 0 Å². The van der Waals surface area contributed by atoms with Gasteiger partial charge in [-0.25, -0.2) is 0 Å². The molecule has 0 heterocycles. The Kier molecular flexibility index (Phi) is 3.58. The van der Waals surface area contributed by atoms with Crippen molar-refractivity contribution in [3.8, 4) is 0 Å². The zero-order valence-corrected chi connectivity index (χ0v) is 9.68. The highest BCUT2D eigenvalue weighted by Gasteiger charge is 1.94. The third kappa shape index (κ3) is 2.95. The Balaban J connectivity index is 2.89. The van der Waals surface area contributed by atoms with Gasteiger partial charge in [0, 0.05) is 13.8 Å². The van der Waals surface area contributed by atoms with Crippen molar-refractivity contribution in [1.82, 2.24) is 0 Å². The summed E-state index contributed by atoms with van der Waals surface area (Å²) < 4.78 is 1.33. The first-order chi connectivity index (χ1) is 5.22. The molecule has 0 nitrogen and oxygen atoms in total. The fraction of sp³-hybridized carbons (Fsp3) is 0.333. The first-order valence-electron chi connectivity index (χ1n) is 3.63. The maximum atomic E-state index is 3.48. The molecule has 11 heavy (non-hydrogen) atoms. The maximum absolute atomic E-state index is 3.48. The Hall–Kier alpha value is 0.167.